The van der Waals surface area contributed by atoms with E-state index in [2.05, 4.69) is 41.7 Å². The summed E-state index contributed by atoms with van der Waals surface area (Å²) in [6.45, 7) is 1.47. The van der Waals surface area contributed by atoms with Gasteiger partial charge in [0.15, 0.2) is 0 Å². The number of nitrogens with two attached hydrogens (primary N) is 1. The molecule has 1 aliphatic heterocycles. The van der Waals surface area contributed by atoms with E-state index in [-0.39, 0.29) is 29.1 Å². The minimum Gasteiger partial charge on any atom is -0.348 e. The number of fused-ring (bicyclic) bond motifs is 3. The summed E-state index contributed by atoms with van der Waals surface area (Å²) in [6, 6.07) is 29.0. The van der Waals surface area contributed by atoms with Crippen molar-refractivity contribution in [3.63, 3.8) is 0 Å². The van der Waals surface area contributed by atoms with Gasteiger partial charge in [0.1, 0.15) is 6.04 Å². The quantitative estimate of drug-likeness (QED) is 0.325. The number of hydrogen-bond donors (Lipinski definition) is 2. The Balaban J connectivity index is 1.25. The fraction of sp³-hybridized carbons (Fsp3) is 0.324. The summed E-state index contributed by atoms with van der Waals surface area (Å²) in [5, 5.41) is 5.26. The van der Waals surface area contributed by atoms with Crippen LogP contribution < -0.4 is 11.1 Å². The maximum absolute atomic E-state index is 14.3. The van der Waals surface area contributed by atoms with Crippen molar-refractivity contribution in [1.82, 2.24) is 15.1 Å². The summed E-state index contributed by atoms with van der Waals surface area (Å²) in [5.41, 5.74) is 10.4. The third kappa shape index (κ3) is 5.60. The lowest BCUT2D eigenvalue weighted by Crippen LogP contribution is -2.53. The molecule has 1 heterocycles. The highest BCUT2D eigenvalue weighted by Gasteiger charge is 2.48. The van der Waals surface area contributed by atoms with Gasteiger partial charge in [0.2, 0.25) is 11.8 Å². The van der Waals surface area contributed by atoms with Crippen molar-refractivity contribution in [2.45, 2.75) is 49.6 Å². The van der Waals surface area contributed by atoms with E-state index in [9.17, 15) is 14.4 Å². The van der Waals surface area contributed by atoms with Crippen molar-refractivity contribution in [1.29, 1.82) is 0 Å². The summed E-state index contributed by atoms with van der Waals surface area (Å²) in [6.07, 6.45) is 2.70. The van der Waals surface area contributed by atoms with E-state index in [1.807, 2.05) is 61.5 Å². The molecule has 2 aliphatic rings. The van der Waals surface area contributed by atoms with Gasteiger partial charge in [0, 0.05) is 51.1 Å². The van der Waals surface area contributed by atoms with E-state index in [1.165, 1.54) is 5.56 Å². The van der Waals surface area contributed by atoms with Gasteiger partial charge in [-0.3, -0.25) is 14.4 Å². The normalized spacial score (nSPS) is 17.7. The van der Waals surface area contributed by atoms with E-state index < -0.39 is 6.04 Å². The summed E-state index contributed by atoms with van der Waals surface area (Å²) in [7, 11) is 3.63. The number of hydrogen-bond acceptors (Lipinski definition) is 4. The topological polar surface area (TPSA) is 95.7 Å². The molecule has 0 bridgehead atoms. The molecule has 0 radical (unpaired) electrons. The Hall–Kier alpha value is -4.49. The second-order valence-electron chi connectivity index (χ2n) is 12.5. The highest BCUT2D eigenvalue weighted by atomic mass is 16.2. The van der Waals surface area contributed by atoms with Gasteiger partial charge in [0.25, 0.3) is 5.91 Å². The van der Waals surface area contributed by atoms with Gasteiger partial charge in [-0.2, -0.15) is 0 Å². The Morgan fingerprint density at radius 1 is 0.932 bits per heavy atom. The number of benzene rings is 4. The first-order valence-corrected chi connectivity index (χ1v) is 15.5. The molecule has 1 aliphatic carbocycles. The van der Waals surface area contributed by atoms with Crippen molar-refractivity contribution in [2.24, 2.45) is 5.73 Å². The second-order valence-corrected chi connectivity index (χ2v) is 12.5. The summed E-state index contributed by atoms with van der Waals surface area (Å²) in [4.78, 5) is 44.5. The number of rotatable bonds is 7. The largest absolute Gasteiger partial charge is 0.348 e. The molecule has 4 aromatic rings. The first-order valence-electron chi connectivity index (χ1n) is 15.5. The summed E-state index contributed by atoms with van der Waals surface area (Å²) < 4.78 is 0. The van der Waals surface area contributed by atoms with Crippen molar-refractivity contribution < 1.29 is 14.4 Å². The van der Waals surface area contributed by atoms with Crippen LogP contribution in [0.25, 0.3) is 10.8 Å². The van der Waals surface area contributed by atoms with Crippen LogP contribution in [-0.4, -0.2) is 60.7 Å². The number of likely N-dealkylation sites (tertiary alicyclic amines) is 1. The minimum absolute atomic E-state index is 0.0803. The molecule has 6 rings (SSSR count). The molecule has 3 N–H and O–H groups in total. The van der Waals surface area contributed by atoms with Crippen molar-refractivity contribution in [3.05, 3.63) is 119 Å². The molecule has 1 spiro atoms. The number of carbonyl (C=O) groups excluding carboxylic acids is 3. The number of piperidine rings is 1. The Labute approximate surface area is 259 Å². The highest BCUT2D eigenvalue weighted by molar-refractivity contribution is 5.98. The predicted molar refractivity (Wildman–Crippen MR) is 173 cm³/mol. The summed E-state index contributed by atoms with van der Waals surface area (Å²) in [5.74, 6) is -0.402. The fourth-order valence-electron chi connectivity index (χ4n) is 7.25. The average molecular weight is 589 g/mol. The lowest BCUT2D eigenvalue weighted by Gasteiger charge is -2.41. The number of nitrogens with one attached hydrogen (secondary N) is 1. The van der Waals surface area contributed by atoms with Crippen LogP contribution in [0.1, 0.15) is 57.8 Å². The van der Waals surface area contributed by atoms with Crippen LogP contribution in [0.2, 0.25) is 0 Å². The molecule has 2 atom stereocenters. The monoisotopic (exact) mass is 588 g/mol. The fourth-order valence-corrected chi connectivity index (χ4v) is 7.25. The van der Waals surface area contributed by atoms with Gasteiger partial charge in [0.05, 0.1) is 5.92 Å². The average Bonchev–Trinajstić information content (AvgIpc) is 3.37. The molecule has 4 aromatic carbocycles. The molecule has 7 nitrogen and oxygen atoms in total. The molecule has 1 fully saturated rings. The third-order valence-corrected chi connectivity index (χ3v) is 9.61. The van der Waals surface area contributed by atoms with Crippen LogP contribution in [0.4, 0.5) is 0 Å². The minimum atomic E-state index is -0.733. The molecule has 3 amide bonds. The lowest BCUT2D eigenvalue weighted by molar-refractivity contribution is -0.135. The molecular weight excluding hydrogens is 548 g/mol. The summed E-state index contributed by atoms with van der Waals surface area (Å²) >= 11 is 0. The SMILES string of the molecule is CN(C)C(=O)[C@@H]1CC2(CCN(C(=O)C(Cc3cccc4ccccc34)NC(=O)c3cccc(CN)c3)CC2)c2ccccc21. The number of nitrogens with zero attached hydrogens (tertiary/aromatic N) is 2. The smallest absolute Gasteiger partial charge is 0.251 e. The van der Waals surface area contributed by atoms with Crippen LogP contribution >= 0.6 is 0 Å². The molecule has 7 heteroatoms. The number of carbonyl (C=O) groups is 3. The van der Waals surface area contributed by atoms with Gasteiger partial charge in [-0.1, -0.05) is 78.9 Å². The van der Waals surface area contributed by atoms with Crippen LogP contribution in [0, 0.1) is 0 Å². The molecule has 0 aromatic heterocycles. The van der Waals surface area contributed by atoms with E-state index in [0.717, 1.165) is 46.7 Å². The van der Waals surface area contributed by atoms with Gasteiger partial charge >= 0.3 is 0 Å². The maximum Gasteiger partial charge on any atom is 0.251 e. The third-order valence-electron chi connectivity index (χ3n) is 9.61. The number of amides is 3. The van der Waals surface area contributed by atoms with Gasteiger partial charge in [-0.25, -0.2) is 0 Å². The Morgan fingerprint density at radius 2 is 1.64 bits per heavy atom. The zero-order chi connectivity index (χ0) is 30.8. The van der Waals surface area contributed by atoms with E-state index >= 15 is 0 Å². The first-order chi connectivity index (χ1) is 21.3. The molecule has 226 valence electrons. The maximum atomic E-state index is 14.3. The number of likely N-dealkylation sites (N-methyl/N-ethyl adjacent to an activating group) is 1. The van der Waals surface area contributed by atoms with E-state index in [0.29, 0.717) is 31.6 Å². The molecule has 1 saturated heterocycles. The van der Waals surface area contributed by atoms with Crippen LogP contribution in [-0.2, 0) is 28.0 Å². The van der Waals surface area contributed by atoms with Crippen molar-refractivity contribution >= 4 is 28.5 Å². The Bertz CT molecular complexity index is 1700. The van der Waals surface area contributed by atoms with Gasteiger partial charge in [-0.15, -0.1) is 0 Å². The van der Waals surface area contributed by atoms with Crippen LogP contribution in [0.3, 0.4) is 0 Å². The van der Waals surface area contributed by atoms with Gasteiger partial charge < -0.3 is 20.9 Å². The standard InChI is InChI=1S/C37H40N4O3/c1-40(2)35(43)31-23-37(32-16-6-5-15-30(31)32)17-19-41(20-18-37)36(44)33(39-34(42)28-13-7-9-25(21-28)24-38)22-27-12-8-11-26-10-3-4-14-29(26)27/h3-16,21,31,33H,17-20,22-24,38H2,1-2H3,(H,39,42)/t31-,33?/m1/s1. The molecule has 0 saturated carbocycles. The van der Waals surface area contributed by atoms with Crippen molar-refractivity contribution in [3.8, 4) is 0 Å². The van der Waals surface area contributed by atoms with E-state index in [4.69, 9.17) is 5.73 Å². The van der Waals surface area contributed by atoms with Crippen LogP contribution in [0.15, 0.2) is 91.0 Å². The molecule has 1 unspecified atom stereocenters. The highest BCUT2D eigenvalue weighted by Crippen LogP contribution is 2.52. The zero-order valence-electron chi connectivity index (χ0n) is 25.5. The Morgan fingerprint density at radius 3 is 2.41 bits per heavy atom. The zero-order valence-corrected chi connectivity index (χ0v) is 25.5. The van der Waals surface area contributed by atoms with Gasteiger partial charge in [-0.05, 0) is 64.4 Å². The van der Waals surface area contributed by atoms with Crippen LogP contribution in [0.5, 0.6) is 0 Å². The van der Waals surface area contributed by atoms with E-state index in [1.54, 1.807) is 17.0 Å². The molecular formula is C37H40N4O3. The Kier molecular flexibility index (Phi) is 8.23. The molecule has 44 heavy (non-hydrogen) atoms. The first kappa shape index (κ1) is 29.6. The second kappa shape index (κ2) is 12.2. The predicted octanol–water partition coefficient (Wildman–Crippen LogP) is 4.78. The van der Waals surface area contributed by atoms with Crippen molar-refractivity contribution in [2.75, 3.05) is 27.2 Å². The lowest BCUT2D eigenvalue weighted by atomic mass is 9.73.